The molecule has 0 amide bonds. The highest BCUT2D eigenvalue weighted by Crippen LogP contribution is 2.18. The van der Waals surface area contributed by atoms with Crippen molar-refractivity contribution in [3.63, 3.8) is 0 Å². The highest BCUT2D eigenvalue weighted by molar-refractivity contribution is 6.30. The third-order valence-electron chi connectivity index (χ3n) is 5.20. The van der Waals surface area contributed by atoms with Crippen LogP contribution in [0.25, 0.3) is 11.0 Å². The van der Waals surface area contributed by atoms with Gasteiger partial charge in [0, 0.05) is 11.6 Å². The number of benzene rings is 2. The van der Waals surface area contributed by atoms with Crippen molar-refractivity contribution >= 4 is 28.6 Å². The van der Waals surface area contributed by atoms with E-state index < -0.39 is 6.10 Å². The number of nitrogen functional groups attached to an aromatic ring is 1. The van der Waals surface area contributed by atoms with Gasteiger partial charge in [-0.2, -0.15) is 0 Å². The van der Waals surface area contributed by atoms with Gasteiger partial charge in [0.05, 0.1) is 6.54 Å². The van der Waals surface area contributed by atoms with Crippen LogP contribution in [0.3, 0.4) is 0 Å². The molecule has 3 rings (SSSR count). The van der Waals surface area contributed by atoms with Crippen LogP contribution in [0.15, 0.2) is 48.5 Å². The topological polar surface area (TPSA) is 67.5 Å². The normalized spacial score (nSPS) is 12.6. The van der Waals surface area contributed by atoms with E-state index in [0.717, 1.165) is 37.2 Å². The number of rotatable bonds is 10. The summed E-state index contributed by atoms with van der Waals surface area (Å²) < 4.78 is 9.78. The molecule has 0 fully saturated rings. The first kappa shape index (κ1) is 21.4. The predicted octanol–water partition coefficient (Wildman–Crippen LogP) is 2.95. The van der Waals surface area contributed by atoms with Crippen molar-refractivity contribution in [1.29, 1.82) is 0 Å². The number of aliphatic hydroxyl groups is 1. The Labute approximate surface area is 177 Å². The summed E-state index contributed by atoms with van der Waals surface area (Å²) in [5.74, 6) is 1.32. The zero-order valence-corrected chi connectivity index (χ0v) is 17.8. The average Bonchev–Trinajstić information content (AvgIpc) is 3.00. The van der Waals surface area contributed by atoms with Gasteiger partial charge in [-0.1, -0.05) is 37.6 Å². The van der Waals surface area contributed by atoms with Crippen molar-refractivity contribution in [1.82, 2.24) is 9.47 Å². The van der Waals surface area contributed by atoms with Crippen LogP contribution < -0.4 is 15.0 Å². The molecule has 0 aliphatic carbocycles. The molecule has 7 heteroatoms. The van der Waals surface area contributed by atoms with Crippen LogP contribution in [-0.2, 0) is 13.1 Å². The summed E-state index contributed by atoms with van der Waals surface area (Å²) in [5, 5.41) is 11.2. The molecular formula is C22H30ClN4O2+. The van der Waals surface area contributed by atoms with E-state index in [9.17, 15) is 5.11 Å². The maximum atomic E-state index is 10.6. The van der Waals surface area contributed by atoms with E-state index >= 15 is 0 Å². The standard InChI is InChI=1S/C22H29ClN4O2/c1-3-25(4-2)13-14-26-20-7-5-6-8-21(20)27(22(26)24)15-18(28)16-29-19-11-9-17(23)10-12-19/h5-12,18,24,28H,3-4,13-16H2,1-2H3/p+1/t18-/m0/s1. The second-order valence-corrected chi connectivity index (χ2v) is 7.49. The van der Waals surface area contributed by atoms with Crippen LogP contribution >= 0.6 is 11.6 Å². The molecule has 156 valence electrons. The first-order chi connectivity index (χ1) is 14.0. The molecule has 0 radical (unpaired) electrons. The molecule has 0 aliphatic rings. The Hall–Kier alpha value is -2.28. The number of imidazole rings is 1. The summed E-state index contributed by atoms with van der Waals surface area (Å²) in [6, 6.07) is 15.2. The van der Waals surface area contributed by atoms with Crippen LogP contribution in [0.5, 0.6) is 5.75 Å². The largest absolute Gasteiger partial charge is 0.491 e. The molecule has 0 saturated heterocycles. The number of nitrogens with zero attached hydrogens (tertiary/aromatic N) is 3. The Morgan fingerprint density at radius 1 is 1.14 bits per heavy atom. The van der Waals surface area contributed by atoms with Crippen molar-refractivity contribution in [3.8, 4) is 5.75 Å². The molecule has 2 aromatic carbocycles. The Bertz CT molecular complexity index is 922. The molecule has 0 bridgehead atoms. The minimum atomic E-state index is -0.694. The first-order valence-electron chi connectivity index (χ1n) is 10.1. The quantitative estimate of drug-likeness (QED) is 0.498. The predicted molar refractivity (Wildman–Crippen MR) is 117 cm³/mol. The maximum absolute atomic E-state index is 10.6. The fourth-order valence-corrected chi connectivity index (χ4v) is 3.63. The SMILES string of the molecule is CCN(CC)CCn1c(N)[n+](C[C@H](O)COc2ccc(Cl)cc2)c2ccccc21. The van der Waals surface area contributed by atoms with E-state index in [0.29, 0.717) is 23.3 Å². The number of fused-ring (bicyclic) bond motifs is 1. The van der Waals surface area contributed by atoms with Crippen LogP contribution in [0.2, 0.25) is 5.02 Å². The third-order valence-corrected chi connectivity index (χ3v) is 5.45. The number of para-hydroxylation sites is 2. The summed E-state index contributed by atoms with van der Waals surface area (Å²) in [6.45, 7) is 8.62. The lowest BCUT2D eigenvalue weighted by molar-refractivity contribution is -0.665. The highest BCUT2D eigenvalue weighted by atomic mass is 35.5. The van der Waals surface area contributed by atoms with Gasteiger partial charge in [0.15, 0.2) is 0 Å². The summed E-state index contributed by atoms with van der Waals surface area (Å²) in [6.07, 6.45) is -0.694. The fraction of sp³-hybridized carbons (Fsp3) is 0.409. The molecule has 0 unspecified atom stereocenters. The second kappa shape index (κ2) is 9.96. The first-order valence-corrected chi connectivity index (χ1v) is 10.5. The molecule has 6 nitrogen and oxygen atoms in total. The molecule has 0 aliphatic heterocycles. The molecule has 1 atom stereocenters. The molecule has 29 heavy (non-hydrogen) atoms. The van der Waals surface area contributed by atoms with E-state index in [1.807, 2.05) is 22.8 Å². The Morgan fingerprint density at radius 3 is 2.52 bits per heavy atom. The van der Waals surface area contributed by atoms with Gasteiger partial charge < -0.3 is 14.7 Å². The maximum Gasteiger partial charge on any atom is 0.356 e. The second-order valence-electron chi connectivity index (χ2n) is 7.05. The molecule has 0 spiro atoms. The van der Waals surface area contributed by atoms with Gasteiger partial charge in [-0.3, -0.25) is 5.73 Å². The van der Waals surface area contributed by atoms with Gasteiger partial charge in [-0.05, 0) is 49.5 Å². The number of ether oxygens (including phenoxy) is 1. The van der Waals surface area contributed by atoms with Gasteiger partial charge in [-0.25, -0.2) is 9.13 Å². The Balaban J connectivity index is 1.74. The van der Waals surface area contributed by atoms with Gasteiger partial charge in [0.1, 0.15) is 36.0 Å². The molecule has 1 aromatic heterocycles. The summed E-state index contributed by atoms with van der Waals surface area (Å²) in [4.78, 5) is 2.37. The number of likely N-dealkylation sites (N-methyl/N-ethyl adjacent to an activating group) is 1. The Kier molecular flexibility index (Phi) is 7.36. The summed E-state index contributed by atoms with van der Waals surface area (Å²) in [5.41, 5.74) is 8.58. The number of hydrogen-bond donors (Lipinski definition) is 2. The molecular weight excluding hydrogens is 388 g/mol. The molecule has 1 heterocycles. The highest BCUT2D eigenvalue weighted by Gasteiger charge is 2.23. The number of nitrogens with two attached hydrogens (primary N) is 1. The van der Waals surface area contributed by atoms with E-state index in [1.165, 1.54) is 0 Å². The van der Waals surface area contributed by atoms with Gasteiger partial charge in [-0.15, -0.1) is 0 Å². The number of anilines is 1. The zero-order chi connectivity index (χ0) is 20.8. The number of aromatic nitrogens is 2. The Morgan fingerprint density at radius 2 is 1.83 bits per heavy atom. The van der Waals surface area contributed by atoms with E-state index in [2.05, 4.69) is 29.4 Å². The van der Waals surface area contributed by atoms with E-state index in [-0.39, 0.29) is 6.61 Å². The van der Waals surface area contributed by atoms with Crippen molar-refractivity contribution < 1.29 is 14.4 Å². The lowest BCUT2D eigenvalue weighted by atomic mass is 10.3. The lowest BCUT2D eigenvalue weighted by Crippen LogP contribution is -2.44. The average molecular weight is 418 g/mol. The summed E-state index contributed by atoms with van der Waals surface area (Å²) in [7, 11) is 0. The lowest BCUT2D eigenvalue weighted by Gasteiger charge is -2.17. The zero-order valence-electron chi connectivity index (χ0n) is 17.1. The van der Waals surface area contributed by atoms with Crippen LogP contribution in [0.1, 0.15) is 13.8 Å². The molecule has 3 N–H and O–H groups in total. The van der Waals surface area contributed by atoms with Crippen LogP contribution in [-0.4, -0.2) is 46.9 Å². The van der Waals surface area contributed by atoms with Crippen molar-refractivity contribution in [2.75, 3.05) is 32.0 Å². The fourth-order valence-electron chi connectivity index (χ4n) is 3.51. The van der Waals surface area contributed by atoms with Gasteiger partial charge in [0.2, 0.25) is 0 Å². The van der Waals surface area contributed by atoms with Gasteiger partial charge >= 0.3 is 5.95 Å². The van der Waals surface area contributed by atoms with Gasteiger partial charge in [0.25, 0.3) is 0 Å². The van der Waals surface area contributed by atoms with Crippen molar-refractivity contribution in [2.24, 2.45) is 0 Å². The van der Waals surface area contributed by atoms with E-state index in [4.69, 9.17) is 22.1 Å². The minimum Gasteiger partial charge on any atom is -0.491 e. The third kappa shape index (κ3) is 5.21. The summed E-state index contributed by atoms with van der Waals surface area (Å²) >= 11 is 5.89. The number of hydrogen-bond acceptors (Lipinski definition) is 4. The number of halogens is 1. The smallest absolute Gasteiger partial charge is 0.356 e. The van der Waals surface area contributed by atoms with Crippen molar-refractivity contribution in [3.05, 3.63) is 53.6 Å². The monoisotopic (exact) mass is 417 g/mol. The number of aliphatic hydroxyl groups excluding tert-OH is 1. The van der Waals surface area contributed by atoms with E-state index in [1.54, 1.807) is 24.3 Å². The minimum absolute atomic E-state index is 0.174. The molecule has 0 saturated carbocycles. The van der Waals surface area contributed by atoms with Crippen molar-refractivity contribution in [2.45, 2.75) is 33.0 Å². The molecule has 3 aromatic rings. The van der Waals surface area contributed by atoms with Crippen LogP contribution in [0.4, 0.5) is 5.95 Å². The van der Waals surface area contributed by atoms with Crippen LogP contribution in [0, 0.1) is 0 Å².